The van der Waals surface area contributed by atoms with Crippen molar-refractivity contribution in [3.8, 4) is 0 Å². The van der Waals surface area contributed by atoms with Crippen LogP contribution in [-0.2, 0) is 0 Å². The predicted molar refractivity (Wildman–Crippen MR) is 87.5 cm³/mol. The van der Waals surface area contributed by atoms with Crippen molar-refractivity contribution in [2.24, 2.45) is 17.8 Å². The molecule has 0 spiro atoms. The van der Waals surface area contributed by atoms with E-state index in [2.05, 4.69) is 20.8 Å². The third-order valence-corrected chi connectivity index (χ3v) is 5.51. The second-order valence-electron chi connectivity index (χ2n) is 7.23. The molecule has 3 atom stereocenters. The molecule has 114 valence electrons. The van der Waals surface area contributed by atoms with Crippen LogP contribution in [0.2, 0.25) is 0 Å². The van der Waals surface area contributed by atoms with Crippen LogP contribution in [0.5, 0.6) is 0 Å². The third-order valence-electron chi connectivity index (χ3n) is 5.51. The molecule has 0 aromatic carbocycles. The Kier molecular flexibility index (Phi) is 9.65. The first-order chi connectivity index (χ1) is 9.24. The molecule has 0 saturated heterocycles. The number of hydrogen-bond donors (Lipinski definition) is 0. The Balaban J connectivity index is 2.31. The zero-order valence-electron chi connectivity index (χ0n) is 13.9. The van der Waals surface area contributed by atoms with Gasteiger partial charge in [0.1, 0.15) is 0 Å². The van der Waals surface area contributed by atoms with Gasteiger partial charge in [0, 0.05) is 0 Å². The summed E-state index contributed by atoms with van der Waals surface area (Å²) in [4.78, 5) is 0. The molecule has 0 aliphatic heterocycles. The molecule has 1 saturated carbocycles. The highest BCUT2D eigenvalue weighted by molar-refractivity contribution is 4.69. The van der Waals surface area contributed by atoms with Gasteiger partial charge >= 0.3 is 0 Å². The molecule has 1 aliphatic carbocycles. The largest absolute Gasteiger partial charge is 0.0651 e. The van der Waals surface area contributed by atoms with Crippen LogP contribution >= 0.6 is 0 Å². The van der Waals surface area contributed by atoms with Crippen LogP contribution in [0.3, 0.4) is 0 Å². The molecule has 19 heavy (non-hydrogen) atoms. The summed E-state index contributed by atoms with van der Waals surface area (Å²) in [6, 6.07) is 0. The monoisotopic (exact) mass is 266 g/mol. The van der Waals surface area contributed by atoms with Crippen molar-refractivity contribution in [3.05, 3.63) is 0 Å². The highest BCUT2D eigenvalue weighted by Gasteiger charge is 2.17. The van der Waals surface area contributed by atoms with Gasteiger partial charge in [-0.2, -0.15) is 0 Å². The Morgan fingerprint density at radius 1 is 0.895 bits per heavy atom. The molecule has 1 fully saturated rings. The van der Waals surface area contributed by atoms with Crippen molar-refractivity contribution < 1.29 is 0 Å². The van der Waals surface area contributed by atoms with E-state index in [0.29, 0.717) is 0 Å². The Morgan fingerprint density at radius 2 is 1.47 bits per heavy atom. The van der Waals surface area contributed by atoms with Gasteiger partial charge in [0.25, 0.3) is 0 Å². The molecule has 0 aromatic heterocycles. The van der Waals surface area contributed by atoms with Gasteiger partial charge < -0.3 is 0 Å². The Bertz CT molecular complexity index is 196. The Labute approximate surface area is 122 Å². The molecule has 0 N–H and O–H groups in total. The van der Waals surface area contributed by atoms with E-state index in [9.17, 15) is 0 Å². The van der Waals surface area contributed by atoms with E-state index in [4.69, 9.17) is 0 Å². The summed E-state index contributed by atoms with van der Waals surface area (Å²) in [6.07, 6.45) is 19.3. The van der Waals surface area contributed by atoms with Gasteiger partial charge in [-0.05, 0) is 17.8 Å². The maximum Gasteiger partial charge on any atom is -0.0388 e. The first-order valence-corrected chi connectivity index (χ1v) is 9.24. The van der Waals surface area contributed by atoms with Crippen molar-refractivity contribution in [1.29, 1.82) is 0 Å². The summed E-state index contributed by atoms with van der Waals surface area (Å²) in [7, 11) is 0. The molecule has 0 heterocycles. The minimum Gasteiger partial charge on any atom is -0.0651 e. The van der Waals surface area contributed by atoms with E-state index < -0.39 is 0 Å². The summed E-state index contributed by atoms with van der Waals surface area (Å²) < 4.78 is 0. The first-order valence-electron chi connectivity index (χ1n) is 9.24. The van der Waals surface area contributed by atoms with Crippen LogP contribution in [0, 0.1) is 17.8 Å². The Morgan fingerprint density at radius 3 is 2.11 bits per heavy atom. The Hall–Kier alpha value is 0. The van der Waals surface area contributed by atoms with Gasteiger partial charge in [-0.1, -0.05) is 104 Å². The average Bonchev–Trinajstić information content (AvgIpc) is 2.46. The summed E-state index contributed by atoms with van der Waals surface area (Å²) in [5.41, 5.74) is 0. The topological polar surface area (TPSA) is 0 Å². The van der Waals surface area contributed by atoms with Gasteiger partial charge in [0.05, 0.1) is 0 Å². The standard InChI is InChI=1S/C19H38/c1-4-17(2)13-12-16-19-15-11-9-7-5-6-8-10-14-18(19)3/h17-19H,4-16H2,1-3H3. The smallest absolute Gasteiger partial charge is 0.0388 e. The molecule has 1 aliphatic rings. The summed E-state index contributed by atoms with van der Waals surface area (Å²) in [5.74, 6) is 2.95. The lowest BCUT2D eigenvalue weighted by Crippen LogP contribution is -2.12. The molecular weight excluding hydrogens is 228 g/mol. The fourth-order valence-corrected chi connectivity index (χ4v) is 3.64. The third kappa shape index (κ3) is 8.00. The van der Waals surface area contributed by atoms with Gasteiger partial charge in [-0.25, -0.2) is 0 Å². The predicted octanol–water partition coefficient (Wildman–Crippen LogP) is 6.98. The van der Waals surface area contributed by atoms with E-state index in [1.54, 1.807) is 0 Å². The lowest BCUT2D eigenvalue weighted by atomic mass is 9.82. The van der Waals surface area contributed by atoms with Crippen LogP contribution in [0.4, 0.5) is 0 Å². The molecular formula is C19H38. The molecule has 3 unspecified atom stereocenters. The van der Waals surface area contributed by atoms with Gasteiger partial charge in [-0.15, -0.1) is 0 Å². The van der Waals surface area contributed by atoms with Crippen LogP contribution in [0.15, 0.2) is 0 Å². The molecule has 0 nitrogen and oxygen atoms in total. The molecule has 0 aromatic rings. The SMILES string of the molecule is CCC(C)CCCC1CCCCCCCCCC1C. The van der Waals surface area contributed by atoms with Crippen LogP contribution in [-0.4, -0.2) is 0 Å². The number of hydrogen-bond acceptors (Lipinski definition) is 0. The lowest BCUT2D eigenvalue weighted by Gasteiger charge is -2.24. The number of rotatable bonds is 5. The van der Waals surface area contributed by atoms with Crippen LogP contribution in [0.25, 0.3) is 0 Å². The van der Waals surface area contributed by atoms with E-state index in [1.807, 2.05) is 0 Å². The summed E-state index contributed by atoms with van der Waals surface area (Å²) >= 11 is 0. The average molecular weight is 267 g/mol. The van der Waals surface area contributed by atoms with Gasteiger partial charge in [0.15, 0.2) is 0 Å². The van der Waals surface area contributed by atoms with Crippen molar-refractivity contribution in [3.63, 3.8) is 0 Å². The fourth-order valence-electron chi connectivity index (χ4n) is 3.64. The highest BCUT2D eigenvalue weighted by Crippen LogP contribution is 2.30. The molecule has 0 amide bonds. The van der Waals surface area contributed by atoms with Crippen molar-refractivity contribution in [1.82, 2.24) is 0 Å². The maximum absolute atomic E-state index is 2.53. The van der Waals surface area contributed by atoms with E-state index in [-0.39, 0.29) is 0 Å². The zero-order valence-corrected chi connectivity index (χ0v) is 13.9. The molecule has 0 bridgehead atoms. The minimum absolute atomic E-state index is 0.943. The van der Waals surface area contributed by atoms with Crippen LogP contribution in [0.1, 0.15) is 104 Å². The maximum atomic E-state index is 2.53. The molecule has 0 heteroatoms. The van der Waals surface area contributed by atoms with Gasteiger partial charge in [-0.3, -0.25) is 0 Å². The van der Waals surface area contributed by atoms with Crippen molar-refractivity contribution in [2.45, 2.75) is 104 Å². The van der Waals surface area contributed by atoms with Crippen molar-refractivity contribution in [2.75, 3.05) is 0 Å². The molecule has 0 radical (unpaired) electrons. The van der Waals surface area contributed by atoms with E-state index in [1.165, 1.54) is 83.5 Å². The van der Waals surface area contributed by atoms with Gasteiger partial charge in [0.2, 0.25) is 0 Å². The van der Waals surface area contributed by atoms with E-state index in [0.717, 1.165) is 17.8 Å². The second-order valence-corrected chi connectivity index (χ2v) is 7.23. The fraction of sp³-hybridized carbons (Fsp3) is 1.00. The van der Waals surface area contributed by atoms with E-state index >= 15 is 0 Å². The zero-order chi connectivity index (χ0) is 13.9. The normalized spacial score (nSPS) is 28.6. The first kappa shape index (κ1) is 17.1. The quantitative estimate of drug-likeness (QED) is 0.503. The highest BCUT2D eigenvalue weighted by atomic mass is 14.2. The lowest BCUT2D eigenvalue weighted by molar-refractivity contribution is 0.273. The summed E-state index contributed by atoms with van der Waals surface area (Å²) in [6.45, 7) is 7.28. The minimum atomic E-state index is 0.943. The molecule has 1 rings (SSSR count). The van der Waals surface area contributed by atoms with Crippen molar-refractivity contribution >= 4 is 0 Å². The second kappa shape index (κ2) is 10.7. The van der Waals surface area contributed by atoms with Crippen LogP contribution < -0.4 is 0 Å². The summed E-state index contributed by atoms with van der Waals surface area (Å²) in [5, 5.41) is 0.